The number of aliphatic hydroxyl groups is 1. The Bertz CT molecular complexity index is 1350. The van der Waals surface area contributed by atoms with E-state index in [-0.39, 0.29) is 17.1 Å². The van der Waals surface area contributed by atoms with Crippen LogP contribution < -0.4 is 9.47 Å². The van der Waals surface area contributed by atoms with Crippen molar-refractivity contribution in [1.29, 1.82) is 0 Å². The molecule has 0 saturated heterocycles. The van der Waals surface area contributed by atoms with Gasteiger partial charge in [-0.3, -0.25) is 4.57 Å². The van der Waals surface area contributed by atoms with Crippen LogP contribution in [0.3, 0.4) is 0 Å². The van der Waals surface area contributed by atoms with Gasteiger partial charge in [-0.25, -0.2) is 4.98 Å². The molecule has 4 rings (SSSR count). The number of halogens is 3. The van der Waals surface area contributed by atoms with E-state index in [1.54, 1.807) is 51.0 Å². The van der Waals surface area contributed by atoms with Gasteiger partial charge in [-0.05, 0) is 55.3 Å². The molecule has 1 N–H and O–H groups in total. The average Bonchev–Trinajstić information content (AvgIpc) is 3.29. The Morgan fingerprint density at radius 3 is 2.17 bits per heavy atom. The molecule has 0 fully saturated rings. The summed E-state index contributed by atoms with van der Waals surface area (Å²) < 4.78 is 53.7. The molecule has 8 heteroatoms. The predicted molar refractivity (Wildman–Crippen MR) is 128 cm³/mol. The van der Waals surface area contributed by atoms with Crippen molar-refractivity contribution in [3.63, 3.8) is 0 Å². The van der Waals surface area contributed by atoms with Crippen molar-refractivity contribution in [2.75, 3.05) is 14.2 Å². The van der Waals surface area contributed by atoms with E-state index < -0.39 is 17.3 Å². The van der Waals surface area contributed by atoms with Gasteiger partial charge in [0.25, 0.3) is 0 Å². The molecule has 0 aliphatic rings. The minimum Gasteiger partial charge on any atom is -0.493 e. The smallest absolute Gasteiger partial charge is 0.417 e. The van der Waals surface area contributed by atoms with E-state index in [1.807, 2.05) is 30.3 Å². The summed E-state index contributed by atoms with van der Waals surface area (Å²) in [6.07, 6.45) is -3.00. The molecule has 182 valence electrons. The summed E-state index contributed by atoms with van der Waals surface area (Å²) in [6, 6.07) is 18.1. The van der Waals surface area contributed by atoms with Gasteiger partial charge in [0.05, 0.1) is 25.5 Å². The average molecular weight is 483 g/mol. The van der Waals surface area contributed by atoms with Gasteiger partial charge in [0.2, 0.25) is 0 Å². The van der Waals surface area contributed by atoms with E-state index >= 15 is 0 Å². The van der Waals surface area contributed by atoms with Crippen LogP contribution in [-0.2, 0) is 11.8 Å². The first kappa shape index (κ1) is 24.3. The van der Waals surface area contributed by atoms with Crippen molar-refractivity contribution in [3.05, 3.63) is 84.2 Å². The lowest BCUT2D eigenvalue weighted by atomic mass is 10.0. The van der Waals surface area contributed by atoms with Gasteiger partial charge in [0.1, 0.15) is 11.4 Å². The van der Waals surface area contributed by atoms with Crippen LogP contribution in [0.15, 0.2) is 72.9 Å². The first-order valence-corrected chi connectivity index (χ1v) is 10.8. The maximum Gasteiger partial charge on any atom is 0.417 e. The summed E-state index contributed by atoms with van der Waals surface area (Å²) in [5.41, 5.74) is 0.265. The summed E-state index contributed by atoms with van der Waals surface area (Å²) in [5.74, 6) is 1.23. The van der Waals surface area contributed by atoms with E-state index in [1.165, 1.54) is 18.2 Å². The number of nitrogens with zero attached hydrogens (tertiary/aromatic N) is 2. The molecule has 5 nitrogen and oxygen atoms in total. The molecule has 3 aromatic carbocycles. The van der Waals surface area contributed by atoms with Crippen molar-refractivity contribution < 1.29 is 27.8 Å². The first-order valence-electron chi connectivity index (χ1n) is 10.8. The molecular weight excluding hydrogens is 457 g/mol. The Balaban J connectivity index is 1.90. The third-order valence-electron chi connectivity index (χ3n) is 5.65. The summed E-state index contributed by atoms with van der Waals surface area (Å²) in [7, 11) is 3.10. The Hall–Kier alpha value is -3.78. The lowest BCUT2D eigenvalue weighted by Gasteiger charge is -2.15. The molecule has 0 unspecified atom stereocenters. The second kappa shape index (κ2) is 9.11. The normalized spacial score (nSPS) is 12.0. The summed E-state index contributed by atoms with van der Waals surface area (Å²) >= 11 is 0. The Morgan fingerprint density at radius 1 is 0.829 bits per heavy atom. The third-order valence-corrected chi connectivity index (χ3v) is 5.65. The van der Waals surface area contributed by atoms with Crippen molar-refractivity contribution in [3.8, 4) is 39.7 Å². The molecule has 0 aliphatic carbocycles. The number of hydrogen-bond donors (Lipinski definition) is 1. The van der Waals surface area contributed by atoms with Gasteiger partial charge in [-0.1, -0.05) is 36.4 Å². The number of rotatable bonds is 6. The van der Waals surface area contributed by atoms with Crippen LogP contribution >= 0.6 is 0 Å². The fourth-order valence-corrected chi connectivity index (χ4v) is 3.84. The molecule has 0 bridgehead atoms. The molecule has 4 aromatic rings. The second-order valence-electron chi connectivity index (χ2n) is 8.54. The Morgan fingerprint density at radius 2 is 1.51 bits per heavy atom. The van der Waals surface area contributed by atoms with Crippen molar-refractivity contribution in [1.82, 2.24) is 9.55 Å². The van der Waals surface area contributed by atoms with Crippen LogP contribution in [0.2, 0.25) is 0 Å². The van der Waals surface area contributed by atoms with Gasteiger partial charge in [0, 0.05) is 17.4 Å². The predicted octanol–water partition coefficient (Wildman–Crippen LogP) is 6.47. The summed E-state index contributed by atoms with van der Waals surface area (Å²) in [4.78, 5) is 4.43. The van der Waals surface area contributed by atoms with Crippen LogP contribution in [0, 0.1) is 0 Å². The minimum absolute atomic E-state index is 0.0768. The monoisotopic (exact) mass is 482 g/mol. The van der Waals surface area contributed by atoms with Crippen molar-refractivity contribution in [2.24, 2.45) is 0 Å². The zero-order valence-corrected chi connectivity index (χ0v) is 19.7. The molecule has 0 radical (unpaired) electrons. The molecule has 1 aromatic heterocycles. The number of benzene rings is 3. The zero-order valence-electron chi connectivity index (χ0n) is 19.7. The Kier molecular flexibility index (Phi) is 6.34. The lowest BCUT2D eigenvalue weighted by molar-refractivity contribution is -0.137. The highest BCUT2D eigenvalue weighted by molar-refractivity contribution is 5.71. The van der Waals surface area contributed by atoms with E-state index in [2.05, 4.69) is 4.98 Å². The highest BCUT2D eigenvalue weighted by atomic mass is 19.4. The molecule has 0 amide bonds. The number of methoxy groups -OCH3 is 2. The number of imidazole rings is 1. The molecule has 0 aliphatic heterocycles. The largest absolute Gasteiger partial charge is 0.493 e. The number of aromatic nitrogens is 2. The summed E-state index contributed by atoms with van der Waals surface area (Å²) in [5, 5.41) is 10.6. The van der Waals surface area contributed by atoms with E-state index in [4.69, 9.17) is 9.47 Å². The standard InChI is InChI=1S/C27H25F3N2O3/c1-26(2,33)24-16-32(25(31-24)20-10-5-6-11-21(20)27(28,29)30)19-9-7-8-17(14-19)18-12-13-22(34-3)23(15-18)35-4/h5-16,33H,1-4H3. The second-order valence-corrected chi connectivity index (χ2v) is 8.54. The third kappa shape index (κ3) is 4.88. The van der Waals surface area contributed by atoms with Gasteiger partial charge < -0.3 is 14.6 Å². The van der Waals surface area contributed by atoms with Gasteiger partial charge in [-0.2, -0.15) is 13.2 Å². The fourth-order valence-electron chi connectivity index (χ4n) is 3.84. The molecule has 1 heterocycles. The molecule has 0 spiro atoms. The molecule has 0 atom stereocenters. The topological polar surface area (TPSA) is 56.5 Å². The molecular formula is C27H25F3N2O3. The van der Waals surface area contributed by atoms with Gasteiger partial charge in [0.15, 0.2) is 11.5 Å². The van der Waals surface area contributed by atoms with Gasteiger partial charge >= 0.3 is 6.18 Å². The maximum absolute atomic E-state index is 13.8. The molecule has 35 heavy (non-hydrogen) atoms. The molecule has 0 saturated carbocycles. The number of ether oxygens (including phenoxy) is 2. The quantitative estimate of drug-likeness (QED) is 0.342. The van der Waals surface area contributed by atoms with Crippen LogP contribution in [0.4, 0.5) is 13.2 Å². The van der Waals surface area contributed by atoms with Gasteiger partial charge in [-0.15, -0.1) is 0 Å². The highest BCUT2D eigenvalue weighted by Gasteiger charge is 2.35. The van der Waals surface area contributed by atoms with E-state index in [0.717, 1.165) is 17.2 Å². The first-order chi connectivity index (χ1) is 16.5. The highest BCUT2D eigenvalue weighted by Crippen LogP contribution is 2.39. The minimum atomic E-state index is -4.57. The Labute approximate surface area is 201 Å². The maximum atomic E-state index is 13.8. The van der Waals surface area contributed by atoms with Crippen LogP contribution in [0.1, 0.15) is 25.1 Å². The van der Waals surface area contributed by atoms with Crippen LogP contribution in [-0.4, -0.2) is 28.9 Å². The van der Waals surface area contributed by atoms with E-state index in [0.29, 0.717) is 17.2 Å². The van der Waals surface area contributed by atoms with Crippen molar-refractivity contribution in [2.45, 2.75) is 25.6 Å². The van der Waals surface area contributed by atoms with Crippen molar-refractivity contribution >= 4 is 0 Å². The fraction of sp³-hybridized carbons (Fsp3) is 0.222. The van der Waals surface area contributed by atoms with E-state index in [9.17, 15) is 18.3 Å². The van der Waals surface area contributed by atoms with Crippen LogP contribution in [0.5, 0.6) is 11.5 Å². The number of hydrogen-bond acceptors (Lipinski definition) is 4. The summed E-state index contributed by atoms with van der Waals surface area (Å²) in [6.45, 7) is 3.08. The zero-order chi connectivity index (χ0) is 25.4. The van der Waals surface area contributed by atoms with Crippen LogP contribution in [0.25, 0.3) is 28.2 Å². The lowest BCUT2D eigenvalue weighted by Crippen LogP contribution is -2.15. The SMILES string of the molecule is COc1ccc(-c2cccc(-n3cc(C(C)(C)O)nc3-c3ccccc3C(F)(F)F)c2)cc1OC. The number of alkyl halides is 3.